The zero-order chi connectivity index (χ0) is 29.1. The number of nitrogens with zero attached hydrogens (tertiary/aromatic N) is 7. The molecule has 12 nitrogen and oxygen atoms in total. The average Bonchev–Trinajstić information content (AvgIpc) is 2.98. The zero-order valence-corrected chi connectivity index (χ0v) is 23.1. The van der Waals surface area contributed by atoms with Crippen molar-refractivity contribution in [1.82, 2.24) is 30.2 Å². The molecule has 0 aliphatic carbocycles. The van der Waals surface area contributed by atoms with Gasteiger partial charge in [-0.25, -0.2) is 23.7 Å². The summed E-state index contributed by atoms with van der Waals surface area (Å²) in [5.74, 6) is -1.92. The lowest BCUT2D eigenvalue weighted by Gasteiger charge is -2.43. The average molecular weight is 580 g/mol. The van der Waals surface area contributed by atoms with Gasteiger partial charge in [0.15, 0.2) is 6.10 Å². The maximum Gasteiger partial charge on any atom is 0.296 e. The molecule has 6 rings (SSSR count). The van der Waals surface area contributed by atoms with Gasteiger partial charge in [-0.2, -0.15) is 10.2 Å². The van der Waals surface area contributed by atoms with E-state index in [1.54, 1.807) is 19.4 Å². The molecular formula is C28H31F2N9O3. The van der Waals surface area contributed by atoms with Gasteiger partial charge in [0, 0.05) is 50.6 Å². The molecule has 0 aromatic carbocycles. The number of halogens is 2. The minimum atomic E-state index is -3.06. The van der Waals surface area contributed by atoms with Crippen LogP contribution >= 0.6 is 0 Å². The molecule has 0 amide bonds. The van der Waals surface area contributed by atoms with Crippen LogP contribution in [-0.2, 0) is 4.74 Å². The van der Waals surface area contributed by atoms with Crippen LogP contribution in [0, 0.1) is 11.3 Å². The predicted octanol–water partition coefficient (Wildman–Crippen LogP) is 2.45. The lowest BCUT2D eigenvalue weighted by atomic mass is 10.1. The molecule has 0 radical (unpaired) electrons. The highest BCUT2D eigenvalue weighted by molar-refractivity contribution is 5.65. The Morgan fingerprint density at radius 3 is 2.67 bits per heavy atom. The Balaban J connectivity index is 1.15. The summed E-state index contributed by atoms with van der Waals surface area (Å²) in [6.45, 7) is 5.19. The van der Waals surface area contributed by atoms with Crippen molar-refractivity contribution in [3.05, 3.63) is 42.2 Å². The fourth-order valence-electron chi connectivity index (χ4n) is 5.21. The van der Waals surface area contributed by atoms with E-state index in [0.29, 0.717) is 35.5 Å². The SMILES string of the molecule is COc1nc(Nc2nccc(-c3cnc(OC4CCNCC4(F)F)c(C#N)c3)n2)ccc1N1CCN(C2COC2)CC1. The number of hydrogen-bond acceptors (Lipinski definition) is 12. The molecule has 0 spiro atoms. The molecule has 3 aromatic rings. The highest BCUT2D eigenvalue weighted by Gasteiger charge is 2.44. The summed E-state index contributed by atoms with van der Waals surface area (Å²) in [7, 11) is 1.59. The Morgan fingerprint density at radius 2 is 1.95 bits per heavy atom. The molecule has 42 heavy (non-hydrogen) atoms. The van der Waals surface area contributed by atoms with Gasteiger partial charge in [-0.05, 0) is 30.8 Å². The van der Waals surface area contributed by atoms with Crippen LogP contribution in [0.5, 0.6) is 11.8 Å². The largest absolute Gasteiger partial charge is 0.479 e. The zero-order valence-electron chi connectivity index (χ0n) is 23.1. The minimum absolute atomic E-state index is 0.0406. The maximum atomic E-state index is 14.2. The molecule has 0 saturated carbocycles. The molecular weight excluding hydrogens is 548 g/mol. The third kappa shape index (κ3) is 5.89. The van der Waals surface area contributed by atoms with Gasteiger partial charge in [0.1, 0.15) is 23.1 Å². The number of alkyl halides is 2. The number of nitriles is 1. The van der Waals surface area contributed by atoms with Gasteiger partial charge < -0.3 is 29.7 Å². The normalized spacial score (nSPS) is 20.8. The first-order valence-electron chi connectivity index (χ1n) is 13.8. The minimum Gasteiger partial charge on any atom is -0.479 e. The quantitative estimate of drug-likeness (QED) is 0.406. The molecule has 3 aromatic heterocycles. The standard InChI is InChI=1S/C28H31F2N9O3/c1-40-26-22(39-10-8-38(9-11-39)20-15-41-16-20)2-3-24(36-26)37-27-33-7-4-21(35-27)19-12-18(13-31)25(34-14-19)42-23-5-6-32-17-28(23,29)30/h2-4,7,12,14,20,23,32H,5-6,8-11,15-17H2,1H3,(H,33,35,36,37). The lowest BCUT2D eigenvalue weighted by Crippen LogP contribution is -2.56. The van der Waals surface area contributed by atoms with Crippen molar-refractivity contribution in [3.8, 4) is 29.1 Å². The van der Waals surface area contributed by atoms with E-state index in [9.17, 15) is 14.0 Å². The molecule has 3 saturated heterocycles. The third-order valence-electron chi connectivity index (χ3n) is 7.66. The molecule has 2 N–H and O–H groups in total. The number of methoxy groups -OCH3 is 1. The summed E-state index contributed by atoms with van der Waals surface area (Å²) in [5, 5.41) is 15.4. The fourth-order valence-corrected chi connectivity index (χ4v) is 5.21. The lowest BCUT2D eigenvalue weighted by molar-refractivity contribution is -0.110. The molecule has 3 aliphatic rings. The number of piperazine rings is 1. The summed E-state index contributed by atoms with van der Waals surface area (Å²) in [4.78, 5) is 22.4. The number of pyridine rings is 2. The van der Waals surface area contributed by atoms with Crippen molar-refractivity contribution in [3.63, 3.8) is 0 Å². The second-order valence-electron chi connectivity index (χ2n) is 10.4. The Bertz CT molecular complexity index is 1460. The van der Waals surface area contributed by atoms with E-state index >= 15 is 0 Å². The van der Waals surface area contributed by atoms with Gasteiger partial charge in [0.2, 0.25) is 17.7 Å². The number of hydrogen-bond donors (Lipinski definition) is 2. The van der Waals surface area contributed by atoms with Crippen molar-refractivity contribution < 1.29 is 23.0 Å². The van der Waals surface area contributed by atoms with E-state index in [4.69, 9.17) is 14.2 Å². The monoisotopic (exact) mass is 579 g/mol. The van der Waals surface area contributed by atoms with Crippen molar-refractivity contribution >= 4 is 17.5 Å². The summed E-state index contributed by atoms with van der Waals surface area (Å²) in [6, 6.07) is 9.51. The first-order valence-corrected chi connectivity index (χ1v) is 13.8. The highest BCUT2D eigenvalue weighted by atomic mass is 19.3. The Morgan fingerprint density at radius 1 is 1.12 bits per heavy atom. The van der Waals surface area contributed by atoms with Crippen LogP contribution in [0.1, 0.15) is 12.0 Å². The molecule has 1 atom stereocenters. The first-order chi connectivity index (χ1) is 20.4. The van der Waals surface area contributed by atoms with E-state index in [1.807, 2.05) is 18.2 Å². The highest BCUT2D eigenvalue weighted by Crippen LogP contribution is 2.32. The Labute approximate surface area is 241 Å². The fraction of sp³-hybridized carbons (Fsp3) is 0.464. The van der Waals surface area contributed by atoms with Crippen molar-refractivity contribution in [2.75, 3.05) is 69.8 Å². The van der Waals surface area contributed by atoms with Crippen LogP contribution in [0.15, 0.2) is 36.7 Å². The van der Waals surface area contributed by atoms with Crippen LogP contribution in [-0.4, -0.2) is 102 Å². The number of ether oxygens (including phenoxy) is 3. The van der Waals surface area contributed by atoms with Gasteiger partial charge in [0.25, 0.3) is 5.92 Å². The number of nitrogens with one attached hydrogen (secondary N) is 2. The van der Waals surface area contributed by atoms with Crippen LogP contribution in [0.2, 0.25) is 0 Å². The van der Waals surface area contributed by atoms with Gasteiger partial charge in [-0.1, -0.05) is 0 Å². The summed E-state index contributed by atoms with van der Waals surface area (Å²) in [5.41, 5.74) is 1.95. The van der Waals surface area contributed by atoms with E-state index in [2.05, 4.69) is 40.4 Å². The van der Waals surface area contributed by atoms with Gasteiger partial charge in [-0.15, -0.1) is 0 Å². The summed E-state index contributed by atoms with van der Waals surface area (Å²) >= 11 is 0. The van der Waals surface area contributed by atoms with E-state index in [0.717, 1.165) is 45.1 Å². The second-order valence-corrected chi connectivity index (χ2v) is 10.4. The van der Waals surface area contributed by atoms with Crippen molar-refractivity contribution in [2.24, 2.45) is 0 Å². The van der Waals surface area contributed by atoms with Crippen molar-refractivity contribution in [1.29, 1.82) is 5.26 Å². The van der Waals surface area contributed by atoms with Gasteiger partial charge in [-0.3, -0.25) is 4.90 Å². The Kier molecular flexibility index (Phi) is 7.96. The Hall–Kier alpha value is -4.19. The van der Waals surface area contributed by atoms with Crippen LogP contribution in [0.4, 0.5) is 26.2 Å². The molecule has 3 aliphatic heterocycles. The molecule has 220 valence electrons. The van der Waals surface area contributed by atoms with Crippen LogP contribution < -0.4 is 25.0 Å². The topological polar surface area (TPSA) is 134 Å². The number of aromatic nitrogens is 4. The molecule has 3 fully saturated rings. The van der Waals surface area contributed by atoms with E-state index in [1.165, 1.54) is 12.3 Å². The van der Waals surface area contributed by atoms with Crippen molar-refractivity contribution in [2.45, 2.75) is 24.5 Å². The molecule has 0 bridgehead atoms. The number of rotatable bonds is 8. The number of anilines is 3. The maximum absolute atomic E-state index is 14.2. The number of piperidine rings is 1. The van der Waals surface area contributed by atoms with Gasteiger partial charge in [0.05, 0.1) is 38.6 Å². The van der Waals surface area contributed by atoms with Gasteiger partial charge >= 0.3 is 0 Å². The first kappa shape index (κ1) is 28.0. The third-order valence-corrected chi connectivity index (χ3v) is 7.66. The summed E-state index contributed by atoms with van der Waals surface area (Å²) < 4.78 is 44.9. The molecule has 14 heteroatoms. The molecule has 1 unspecified atom stereocenters. The smallest absolute Gasteiger partial charge is 0.296 e. The summed E-state index contributed by atoms with van der Waals surface area (Å²) in [6.07, 6.45) is 1.75. The molecule has 6 heterocycles. The van der Waals surface area contributed by atoms with E-state index < -0.39 is 18.6 Å². The second kappa shape index (κ2) is 12.0. The van der Waals surface area contributed by atoms with Crippen LogP contribution in [0.3, 0.4) is 0 Å². The predicted molar refractivity (Wildman–Crippen MR) is 149 cm³/mol. The van der Waals surface area contributed by atoms with Crippen LogP contribution in [0.25, 0.3) is 11.3 Å². The van der Waals surface area contributed by atoms with E-state index in [-0.39, 0.29) is 23.8 Å².